The second-order valence-electron chi connectivity index (χ2n) is 9.84. The predicted molar refractivity (Wildman–Crippen MR) is 168 cm³/mol. The van der Waals surface area contributed by atoms with Crippen molar-refractivity contribution in [1.29, 1.82) is 0 Å². The van der Waals surface area contributed by atoms with Crippen molar-refractivity contribution >= 4 is 74.4 Å². The van der Waals surface area contributed by atoms with Gasteiger partial charge in [0.15, 0.2) is 6.23 Å². The summed E-state index contributed by atoms with van der Waals surface area (Å²) in [5.41, 5.74) is 2.99. The van der Waals surface area contributed by atoms with Gasteiger partial charge < -0.3 is 24.6 Å². The highest BCUT2D eigenvalue weighted by molar-refractivity contribution is 14.1. The van der Waals surface area contributed by atoms with Crippen LogP contribution >= 0.6 is 57.4 Å². The summed E-state index contributed by atoms with van der Waals surface area (Å²) in [6.45, 7) is 0. The number of carboxylic acids is 1. The first-order valence-corrected chi connectivity index (χ1v) is 14.9. The van der Waals surface area contributed by atoms with Crippen molar-refractivity contribution in [1.82, 2.24) is 14.5 Å². The van der Waals surface area contributed by atoms with Crippen molar-refractivity contribution in [2.24, 2.45) is 0 Å². The Bertz CT molecular complexity index is 1820. The molecule has 3 aromatic carbocycles. The number of aliphatic hydroxyl groups is 2. The highest BCUT2D eigenvalue weighted by Gasteiger charge is 2.49. The fourth-order valence-electron chi connectivity index (χ4n) is 5.47. The molecule has 1 fully saturated rings. The third kappa shape index (κ3) is 5.17. The normalized spacial score (nSPS) is 21.1. The van der Waals surface area contributed by atoms with Gasteiger partial charge in [-0.15, -0.1) is 0 Å². The number of hydrogen-bond donors (Lipinski definition) is 3. The van der Waals surface area contributed by atoms with Crippen LogP contribution in [0.25, 0.3) is 22.2 Å². The number of carboxylic acid groups (broad SMARTS) is 1. The van der Waals surface area contributed by atoms with Crippen molar-refractivity contribution in [2.45, 2.75) is 30.5 Å². The lowest BCUT2D eigenvalue weighted by Gasteiger charge is -2.28. The number of fused-ring (bicyclic) bond motifs is 1. The first kappa shape index (κ1) is 29.3. The number of aromatic carboxylic acids is 1. The Hall–Kier alpha value is -2.77. The topological polar surface area (TPSA) is 118 Å². The molecule has 1 aliphatic heterocycles. The van der Waals surface area contributed by atoms with Crippen LogP contribution < -0.4 is 0 Å². The van der Waals surface area contributed by atoms with Gasteiger partial charge in [-0.05, 0) is 69.1 Å². The molecule has 1 aliphatic rings. The van der Waals surface area contributed by atoms with E-state index in [1.807, 2.05) is 30.3 Å². The summed E-state index contributed by atoms with van der Waals surface area (Å²) in [5.74, 6) is -2.03. The summed E-state index contributed by atoms with van der Waals surface area (Å²) in [4.78, 5) is 20.9. The quantitative estimate of drug-likeness (QED) is 0.130. The Morgan fingerprint density at radius 2 is 1.69 bits per heavy atom. The standard InChI is InChI=1S/C30H21Cl3IN3O5/c31-19-9-7-16(11-20(19)32)22(18-10-15(6-8-17(18)30(40)41)14-4-2-1-3-5-14)26-24(38)25(39)29(42-26)37-12-21(34)23-27(33)35-13-36-28(23)37/h1-13,22,24-26,29,38-39H,(H,40,41)/t22-,24+,25-,26+,29-/m1/s1. The van der Waals surface area contributed by atoms with Gasteiger partial charge in [-0.25, -0.2) is 14.8 Å². The molecule has 0 amide bonds. The van der Waals surface area contributed by atoms with Crippen LogP contribution in [-0.2, 0) is 4.74 Å². The van der Waals surface area contributed by atoms with Crippen LogP contribution in [-0.4, -0.2) is 54.1 Å². The first-order valence-electron chi connectivity index (χ1n) is 12.7. The highest BCUT2D eigenvalue weighted by Crippen LogP contribution is 2.45. The molecule has 0 radical (unpaired) electrons. The zero-order valence-electron chi connectivity index (χ0n) is 21.4. The molecule has 0 saturated carbocycles. The minimum absolute atomic E-state index is 0.0139. The van der Waals surface area contributed by atoms with Crippen LogP contribution in [0.5, 0.6) is 0 Å². The summed E-state index contributed by atoms with van der Waals surface area (Å²) in [5, 5.41) is 34.4. The zero-order valence-corrected chi connectivity index (χ0v) is 25.8. The van der Waals surface area contributed by atoms with Crippen molar-refractivity contribution in [2.75, 3.05) is 0 Å². The van der Waals surface area contributed by atoms with E-state index in [9.17, 15) is 20.1 Å². The number of rotatable bonds is 6. The SMILES string of the molecule is O=C(O)c1ccc(-c2ccccc2)cc1[C@@H](c1ccc(Cl)c(Cl)c1)[C@@H]1O[C@@H](n2cc(I)c3c(Cl)ncnc32)[C@H](O)[C@@H]1O. The van der Waals surface area contributed by atoms with E-state index in [0.717, 1.165) is 14.7 Å². The van der Waals surface area contributed by atoms with Crippen LogP contribution in [0.15, 0.2) is 79.3 Å². The number of carbonyl (C=O) groups is 1. The van der Waals surface area contributed by atoms with Crippen LogP contribution in [0.4, 0.5) is 0 Å². The number of ether oxygens (including phenoxy) is 1. The van der Waals surface area contributed by atoms with Crippen LogP contribution in [0.1, 0.15) is 33.6 Å². The van der Waals surface area contributed by atoms with Crippen molar-refractivity contribution in [3.05, 3.63) is 115 Å². The van der Waals surface area contributed by atoms with E-state index in [-0.39, 0.29) is 15.7 Å². The van der Waals surface area contributed by atoms with Gasteiger partial charge in [-0.2, -0.15) is 0 Å². The van der Waals surface area contributed by atoms with E-state index >= 15 is 0 Å². The van der Waals surface area contributed by atoms with Gasteiger partial charge in [-0.1, -0.05) is 77.3 Å². The molecule has 0 aliphatic carbocycles. The fourth-order valence-corrected chi connectivity index (χ4v) is 6.96. The van der Waals surface area contributed by atoms with E-state index < -0.39 is 36.4 Å². The fraction of sp³-hybridized carbons (Fsp3) is 0.167. The average Bonchev–Trinajstić information content (AvgIpc) is 3.47. The van der Waals surface area contributed by atoms with Crippen molar-refractivity contribution in [3.63, 3.8) is 0 Å². The van der Waals surface area contributed by atoms with Crippen LogP contribution in [0.2, 0.25) is 15.2 Å². The minimum Gasteiger partial charge on any atom is -0.478 e. The summed E-state index contributed by atoms with van der Waals surface area (Å²) < 4.78 is 8.77. The number of nitrogens with zero attached hydrogens (tertiary/aromatic N) is 3. The van der Waals surface area contributed by atoms with Crippen LogP contribution in [0, 0.1) is 3.57 Å². The molecule has 42 heavy (non-hydrogen) atoms. The first-order chi connectivity index (χ1) is 20.2. The largest absolute Gasteiger partial charge is 0.478 e. The second kappa shape index (κ2) is 11.7. The van der Waals surface area contributed by atoms with Gasteiger partial charge >= 0.3 is 5.97 Å². The summed E-state index contributed by atoms with van der Waals surface area (Å²) in [7, 11) is 0. The Kier molecular flexibility index (Phi) is 8.18. The molecule has 5 atom stereocenters. The molecule has 6 rings (SSSR count). The van der Waals surface area contributed by atoms with Gasteiger partial charge in [0.1, 0.15) is 29.3 Å². The van der Waals surface area contributed by atoms with Crippen molar-refractivity contribution < 1.29 is 24.9 Å². The van der Waals surface area contributed by atoms with E-state index in [0.29, 0.717) is 27.2 Å². The van der Waals surface area contributed by atoms with E-state index in [1.165, 1.54) is 12.4 Å². The van der Waals surface area contributed by atoms with Gasteiger partial charge in [0.05, 0.1) is 27.1 Å². The molecule has 12 heteroatoms. The van der Waals surface area contributed by atoms with Crippen molar-refractivity contribution in [3.8, 4) is 11.1 Å². The van der Waals surface area contributed by atoms with Gasteiger partial charge in [0.25, 0.3) is 0 Å². The summed E-state index contributed by atoms with van der Waals surface area (Å²) in [6.07, 6.45) is -1.98. The van der Waals surface area contributed by atoms with E-state index in [2.05, 4.69) is 32.6 Å². The molecular weight excluding hydrogens is 716 g/mol. The maximum Gasteiger partial charge on any atom is 0.335 e. The molecule has 3 heterocycles. The Balaban J connectivity index is 1.52. The third-order valence-corrected chi connectivity index (χ3v) is 9.27. The molecule has 214 valence electrons. The van der Waals surface area contributed by atoms with Crippen LogP contribution in [0.3, 0.4) is 0 Å². The molecule has 2 aromatic heterocycles. The van der Waals surface area contributed by atoms with E-state index in [4.69, 9.17) is 39.5 Å². The molecule has 8 nitrogen and oxygen atoms in total. The lowest BCUT2D eigenvalue weighted by Crippen LogP contribution is -2.35. The molecule has 5 aromatic rings. The third-order valence-electron chi connectivity index (χ3n) is 7.42. The van der Waals surface area contributed by atoms with E-state index in [1.54, 1.807) is 41.1 Å². The van der Waals surface area contributed by atoms with Gasteiger partial charge in [0.2, 0.25) is 0 Å². The lowest BCUT2D eigenvalue weighted by atomic mass is 9.80. The summed E-state index contributed by atoms with van der Waals surface area (Å²) >= 11 is 21.1. The highest BCUT2D eigenvalue weighted by atomic mass is 127. The lowest BCUT2D eigenvalue weighted by molar-refractivity contribution is -0.0390. The molecule has 0 bridgehead atoms. The molecule has 3 N–H and O–H groups in total. The summed E-state index contributed by atoms with van der Waals surface area (Å²) in [6, 6.07) is 19.5. The van der Waals surface area contributed by atoms with Gasteiger partial charge in [-0.3, -0.25) is 0 Å². The monoisotopic (exact) mass is 735 g/mol. The Labute approximate surface area is 268 Å². The average molecular weight is 737 g/mol. The number of aromatic nitrogens is 3. The second-order valence-corrected chi connectivity index (χ2v) is 12.2. The molecule has 0 spiro atoms. The number of hydrogen-bond acceptors (Lipinski definition) is 6. The zero-order chi connectivity index (χ0) is 29.7. The number of benzene rings is 3. The smallest absolute Gasteiger partial charge is 0.335 e. The Morgan fingerprint density at radius 1 is 0.929 bits per heavy atom. The van der Waals surface area contributed by atoms with Gasteiger partial charge in [0, 0.05) is 15.7 Å². The number of aliphatic hydroxyl groups excluding tert-OH is 2. The molecular formula is C30H21Cl3IN3O5. The Morgan fingerprint density at radius 3 is 2.40 bits per heavy atom. The minimum atomic E-state index is -1.43. The molecule has 0 unspecified atom stereocenters. The predicted octanol–water partition coefficient (Wildman–Crippen LogP) is 6.81. The number of halogens is 4. The molecule has 1 saturated heterocycles. The maximum absolute atomic E-state index is 12.5. The maximum atomic E-state index is 12.5.